The van der Waals surface area contributed by atoms with E-state index in [9.17, 15) is 0 Å². The molecule has 1 aromatic carbocycles. The molecular formula is C19H25NO2. The molecule has 2 heterocycles. The van der Waals surface area contributed by atoms with Crippen molar-refractivity contribution in [2.24, 2.45) is 5.92 Å². The molecule has 2 aromatic rings. The van der Waals surface area contributed by atoms with Crippen LogP contribution < -0.4 is 0 Å². The molecule has 0 spiro atoms. The molecule has 22 heavy (non-hydrogen) atoms. The predicted molar refractivity (Wildman–Crippen MR) is 87.7 cm³/mol. The number of benzene rings is 1. The van der Waals surface area contributed by atoms with E-state index in [0.29, 0.717) is 12.5 Å². The van der Waals surface area contributed by atoms with Gasteiger partial charge in [-0.05, 0) is 24.1 Å². The van der Waals surface area contributed by atoms with Gasteiger partial charge in [-0.15, -0.1) is 0 Å². The van der Waals surface area contributed by atoms with Crippen molar-refractivity contribution in [2.75, 3.05) is 6.61 Å². The number of hydrogen-bond donors (Lipinski definition) is 0. The minimum absolute atomic E-state index is 0.173. The van der Waals surface area contributed by atoms with Gasteiger partial charge in [0.15, 0.2) is 0 Å². The highest BCUT2D eigenvalue weighted by molar-refractivity contribution is 5.13. The fraction of sp³-hybridized carbons (Fsp3) is 0.474. The summed E-state index contributed by atoms with van der Waals surface area (Å²) in [5.41, 5.74) is 1.22. The molecule has 1 aromatic heterocycles. The molecule has 0 saturated carbocycles. The van der Waals surface area contributed by atoms with Crippen molar-refractivity contribution >= 4 is 0 Å². The molecule has 3 nitrogen and oxygen atoms in total. The third kappa shape index (κ3) is 3.26. The first-order chi connectivity index (χ1) is 10.8. The molecule has 118 valence electrons. The summed E-state index contributed by atoms with van der Waals surface area (Å²) in [5.74, 6) is 0.384. The van der Waals surface area contributed by atoms with Gasteiger partial charge >= 0.3 is 0 Å². The van der Waals surface area contributed by atoms with Gasteiger partial charge in [-0.25, -0.2) is 0 Å². The van der Waals surface area contributed by atoms with Gasteiger partial charge in [-0.3, -0.25) is 0 Å². The second-order valence-corrected chi connectivity index (χ2v) is 6.10. The lowest BCUT2D eigenvalue weighted by atomic mass is 9.88. The quantitative estimate of drug-likeness (QED) is 0.831. The van der Waals surface area contributed by atoms with E-state index in [-0.39, 0.29) is 18.2 Å². The van der Waals surface area contributed by atoms with Crippen molar-refractivity contribution in [1.29, 1.82) is 0 Å². The number of rotatable bonds is 5. The van der Waals surface area contributed by atoms with Gasteiger partial charge in [-0.1, -0.05) is 44.2 Å². The van der Waals surface area contributed by atoms with Gasteiger partial charge in [0.2, 0.25) is 0 Å². The average Bonchev–Trinajstić information content (AvgIpc) is 3.08. The highest BCUT2D eigenvalue weighted by Gasteiger charge is 2.38. The molecule has 0 bridgehead atoms. The maximum Gasteiger partial charge on any atom is 0.0859 e. The van der Waals surface area contributed by atoms with E-state index in [0.717, 1.165) is 13.0 Å². The van der Waals surface area contributed by atoms with Gasteiger partial charge in [0.05, 0.1) is 31.5 Å². The molecule has 1 fully saturated rings. The maximum absolute atomic E-state index is 6.35. The normalized spacial score (nSPS) is 28.6. The van der Waals surface area contributed by atoms with Crippen LogP contribution in [0.1, 0.15) is 31.9 Å². The summed E-state index contributed by atoms with van der Waals surface area (Å²) in [6.07, 6.45) is 5.70. The van der Waals surface area contributed by atoms with E-state index >= 15 is 0 Å². The van der Waals surface area contributed by atoms with Crippen molar-refractivity contribution < 1.29 is 9.47 Å². The Labute approximate surface area is 132 Å². The van der Waals surface area contributed by atoms with Crippen LogP contribution in [0.5, 0.6) is 0 Å². The Morgan fingerprint density at radius 1 is 1.14 bits per heavy atom. The van der Waals surface area contributed by atoms with Gasteiger partial charge < -0.3 is 14.0 Å². The van der Waals surface area contributed by atoms with Gasteiger partial charge in [0.25, 0.3) is 0 Å². The molecule has 0 N–H and O–H groups in total. The van der Waals surface area contributed by atoms with E-state index in [1.54, 1.807) is 0 Å². The summed E-state index contributed by atoms with van der Waals surface area (Å²) in [7, 11) is 0. The fourth-order valence-corrected chi connectivity index (χ4v) is 3.37. The van der Waals surface area contributed by atoms with Crippen molar-refractivity contribution in [3.63, 3.8) is 0 Å². The van der Waals surface area contributed by atoms with E-state index in [4.69, 9.17) is 9.47 Å². The van der Waals surface area contributed by atoms with Crippen molar-refractivity contribution in [3.05, 3.63) is 60.4 Å². The second-order valence-electron chi connectivity index (χ2n) is 6.10. The van der Waals surface area contributed by atoms with Crippen LogP contribution in [0.3, 0.4) is 0 Å². The first-order valence-electron chi connectivity index (χ1n) is 8.19. The largest absolute Gasteiger partial charge is 0.376 e. The molecule has 3 heteroatoms. The van der Waals surface area contributed by atoms with E-state index in [2.05, 4.69) is 67.2 Å². The molecule has 1 aliphatic rings. The molecule has 1 aliphatic heterocycles. The molecule has 0 unspecified atom stereocenters. The van der Waals surface area contributed by atoms with Crippen molar-refractivity contribution in [3.8, 4) is 0 Å². The predicted octanol–water partition coefficient (Wildman–Crippen LogP) is 4.06. The minimum atomic E-state index is 0.173. The molecule has 4 atom stereocenters. The van der Waals surface area contributed by atoms with Crippen LogP contribution in [0.4, 0.5) is 0 Å². The molecular weight excluding hydrogens is 274 g/mol. The van der Waals surface area contributed by atoms with Gasteiger partial charge in [0.1, 0.15) is 0 Å². The van der Waals surface area contributed by atoms with Gasteiger partial charge in [0, 0.05) is 18.3 Å². The summed E-state index contributed by atoms with van der Waals surface area (Å²) < 4.78 is 14.6. The topological polar surface area (TPSA) is 23.4 Å². The number of hydrogen-bond acceptors (Lipinski definition) is 2. The Balaban J connectivity index is 1.75. The van der Waals surface area contributed by atoms with Crippen molar-refractivity contribution in [2.45, 2.75) is 45.1 Å². The Bertz CT molecular complexity index is 552. The maximum atomic E-state index is 6.35. The third-order valence-corrected chi connectivity index (χ3v) is 4.66. The zero-order chi connectivity index (χ0) is 15.4. The van der Waals surface area contributed by atoms with Crippen LogP contribution in [0.25, 0.3) is 0 Å². The Kier molecular flexibility index (Phi) is 4.96. The Morgan fingerprint density at radius 3 is 2.55 bits per heavy atom. The van der Waals surface area contributed by atoms with Crippen LogP contribution in [-0.4, -0.2) is 23.4 Å². The summed E-state index contributed by atoms with van der Waals surface area (Å²) in [4.78, 5) is 0. The summed E-state index contributed by atoms with van der Waals surface area (Å²) in [6.45, 7) is 5.81. The molecule has 1 saturated heterocycles. The second kappa shape index (κ2) is 7.12. The first kappa shape index (κ1) is 15.3. The first-order valence-corrected chi connectivity index (χ1v) is 8.19. The SMILES string of the molecule is CC[C@H]1OC[C@@H](n2cccc2)[C@@H](OCc2ccccc2)[C@H]1C. The van der Waals surface area contributed by atoms with Crippen LogP contribution in [-0.2, 0) is 16.1 Å². The molecule has 3 rings (SSSR count). The Hall–Kier alpha value is -1.58. The lowest BCUT2D eigenvalue weighted by molar-refractivity contribution is -0.145. The zero-order valence-electron chi connectivity index (χ0n) is 13.4. The van der Waals surface area contributed by atoms with Crippen LogP contribution in [0.15, 0.2) is 54.9 Å². The Morgan fingerprint density at radius 2 is 1.86 bits per heavy atom. The lowest BCUT2D eigenvalue weighted by Crippen LogP contribution is -2.46. The molecule has 0 radical (unpaired) electrons. The van der Waals surface area contributed by atoms with Crippen LogP contribution in [0, 0.1) is 5.92 Å². The summed E-state index contributed by atoms with van der Waals surface area (Å²) >= 11 is 0. The number of nitrogens with zero attached hydrogens (tertiary/aromatic N) is 1. The van der Waals surface area contributed by atoms with E-state index < -0.39 is 0 Å². The fourth-order valence-electron chi connectivity index (χ4n) is 3.37. The summed E-state index contributed by atoms with van der Waals surface area (Å²) in [6, 6.07) is 14.8. The van der Waals surface area contributed by atoms with E-state index in [1.807, 2.05) is 6.07 Å². The minimum Gasteiger partial charge on any atom is -0.376 e. The number of ether oxygens (including phenoxy) is 2. The lowest BCUT2D eigenvalue weighted by Gasteiger charge is -2.41. The average molecular weight is 299 g/mol. The standard InChI is InChI=1S/C19H25NO2/c1-3-18-15(2)19(22-13-16-9-5-4-6-10-16)17(14-21-18)20-11-7-8-12-20/h4-12,15,17-19H,3,13-14H2,1-2H3/t15-,17+,18+,19-/m0/s1. The van der Waals surface area contributed by atoms with Crippen LogP contribution in [0.2, 0.25) is 0 Å². The van der Waals surface area contributed by atoms with Crippen LogP contribution >= 0.6 is 0 Å². The van der Waals surface area contributed by atoms with Gasteiger partial charge in [-0.2, -0.15) is 0 Å². The van der Waals surface area contributed by atoms with Crippen molar-refractivity contribution in [1.82, 2.24) is 4.57 Å². The third-order valence-electron chi connectivity index (χ3n) is 4.66. The summed E-state index contributed by atoms with van der Waals surface area (Å²) in [5, 5.41) is 0. The van der Waals surface area contributed by atoms with E-state index in [1.165, 1.54) is 5.56 Å². The number of aromatic nitrogens is 1. The monoisotopic (exact) mass is 299 g/mol. The zero-order valence-corrected chi connectivity index (χ0v) is 13.4. The highest BCUT2D eigenvalue weighted by Crippen LogP contribution is 2.33. The highest BCUT2D eigenvalue weighted by atomic mass is 16.5. The smallest absolute Gasteiger partial charge is 0.0859 e. The molecule has 0 aliphatic carbocycles. The molecule has 0 amide bonds.